The SMILES string of the molecule is Cc1cccc(C(=O)Nc2nc3ccc(Cl)cc3s2)c1N. The molecule has 0 aliphatic heterocycles. The van der Waals surface area contributed by atoms with Gasteiger partial charge in [0.25, 0.3) is 5.91 Å². The lowest BCUT2D eigenvalue weighted by Gasteiger charge is -2.07. The quantitative estimate of drug-likeness (QED) is 0.699. The summed E-state index contributed by atoms with van der Waals surface area (Å²) in [7, 11) is 0. The first kappa shape index (κ1) is 13.9. The zero-order valence-corrected chi connectivity index (χ0v) is 12.8. The van der Waals surface area contributed by atoms with Gasteiger partial charge in [0.15, 0.2) is 5.13 Å². The molecule has 3 rings (SSSR count). The number of aryl methyl sites for hydroxylation is 1. The molecule has 106 valence electrons. The van der Waals surface area contributed by atoms with Gasteiger partial charge in [-0.15, -0.1) is 0 Å². The van der Waals surface area contributed by atoms with Crippen molar-refractivity contribution < 1.29 is 4.79 Å². The minimum atomic E-state index is -0.263. The molecule has 1 aromatic heterocycles. The third kappa shape index (κ3) is 2.70. The highest BCUT2D eigenvalue weighted by molar-refractivity contribution is 7.22. The Kier molecular flexibility index (Phi) is 3.53. The first-order valence-corrected chi connectivity index (χ1v) is 7.46. The Morgan fingerprint density at radius 1 is 1.33 bits per heavy atom. The number of carbonyl (C=O) groups is 1. The zero-order valence-electron chi connectivity index (χ0n) is 11.2. The molecular formula is C15H12ClN3OS. The summed E-state index contributed by atoms with van der Waals surface area (Å²) in [5.41, 5.74) is 8.55. The lowest BCUT2D eigenvalue weighted by atomic mass is 10.1. The monoisotopic (exact) mass is 317 g/mol. The van der Waals surface area contributed by atoms with Crippen molar-refractivity contribution in [2.75, 3.05) is 11.1 Å². The van der Waals surface area contributed by atoms with Crippen LogP contribution >= 0.6 is 22.9 Å². The minimum absolute atomic E-state index is 0.263. The van der Waals surface area contributed by atoms with E-state index in [0.29, 0.717) is 21.4 Å². The van der Waals surface area contributed by atoms with Gasteiger partial charge in [-0.25, -0.2) is 4.98 Å². The topological polar surface area (TPSA) is 68.0 Å². The molecule has 0 spiro atoms. The van der Waals surface area contributed by atoms with E-state index in [9.17, 15) is 4.79 Å². The number of nitrogens with two attached hydrogens (primary N) is 1. The van der Waals surface area contributed by atoms with Crippen molar-refractivity contribution in [3.63, 3.8) is 0 Å². The van der Waals surface area contributed by atoms with Gasteiger partial charge in [-0.1, -0.05) is 35.1 Å². The Morgan fingerprint density at radius 3 is 2.95 bits per heavy atom. The van der Waals surface area contributed by atoms with Crippen molar-refractivity contribution >= 4 is 49.9 Å². The van der Waals surface area contributed by atoms with Crippen LogP contribution in [0.25, 0.3) is 10.2 Å². The molecule has 21 heavy (non-hydrogen) atoms. The number of hydrogen-bond acceptors (Lipinski definition) is 4. The number of rotatable bonds is 2. The molecule has 0 atom stereocenters. The molecule has 6 heteroatoms. The number of benzene rings is 2. The molecule has 0 aliphatic carbocycles. The van der Waals surface area contributed by atoms with Crippen LogP contribution in [0, 0.1) is 6.92 Å². The lowest BCUT2D eigenvalue weighted by molar-refractivity contribution is 0.102. The standard InChI is InChI=1S/C15H12ClN3OS/c1-8-3-2-4-10(13(8)17)14(20)19-15-18-11-6-5-9(16)7-12(11)21-15/h2-7H,17H2,1H3,(H,18,19,20). The van der Waals surface area contributed by atoms with E-state index in [2.05, 4.69) is 10.3 Å². The molecular weight excluding hydrogens is 306 g/mol. The van der Waals surface area contributed by atoms with Gasteiger partial charge >= 0.3 is 0 Å². The first-order chi connectivity index (χ1) is 10.0. The summed E-state index contributed by atoms with van der Waals surface area (Å²) in [5, 5.41) is 3.95. The summed E-state index contributed by atoms with van der Waals surface area (Å²) in [6.07, 6.45) is 0. The normalized spacial score (nSPS) is 10.8. The summed E-state index contributed by atoms with van der Waals surface area (Å²) in [6, 6.07) is 10.8. The van der Waals surface area contributed by atoms with Gasteiger partial charge in [0.1, 0.15) is 0 Å². The third-order valence-corrected chi connectivity index (χ3v) is 4.31. The van der Waals surface area contributed by atoms with Crippen LogP contribution in [0.15, 0.2) is 36.4 Å². The number of aromatic nitrogens is 1. The Balaban J connectivity index is 1.91. The van der Waals surface area contributed by atoms with Gasteiger partial charge < -0.3 is 5.73 Å². The number of nitrogens with zero attached hydrogens (tertiary/aromatic N) is 1. The number of para-hydroxylation sites is 1. The smallest absolute Gasteiger partial charge is 0.259 e. The van der Waals surface area contributed by atoms with Crippen molar-refractivity contribution in [3.05, 3.63) is 52.5 Å². The maximum atomic E-state index is 12.3. The highest BCUT2D eigenvalue weighted by Gasteiger charge is 2.13. The number of hydrogen-bond donors (Lipinski definition) is 2. The molecule has 0 saturated carbocycles. The van der Waals surface area contributed by atoms with Crippen LogP contribution in [0.5, 0.6) is 0 Å². The zero-order chi connectivity index (χ0) is 15.0. The van der Waals surface area contributed by atoms with Crippen molar-refractivity contribution in [1.29, 1.82) is 0 Å². The van der Waals surface area contributed by atoms with Crippen molar-refractivity contribution in [3.8, 4) is 0 Å². The van der Waals surface area contributed by atoms with E-state index >= 15 is 0 Å². The number of anilines is 2. The van der Waals surface area contributed by atoms with Gasteiger partial charge in [-0.3, -0.25) is 10.1 Å². The van der Waals surface area contributed by atoms with E-state index in [1.165, 1.54) is 11.3 Å². The highest BCUT2D eigenvalue weighted by atomic mass is 35.5. The maximum absolute atomic E-state index is 12.3. The fourth-order valence-electron chi connectivity index (χ4n) is 2.00. The Morgan fingerprint density at radius 2 is 2.14 bits per heavy atom. The molecule has 0 bridgehead atoms. The van der Waals surface area contributed by atoms with Crippen molar-refractivity contribution in [2.45, 2.75) is 6.92 Å². The Hall–Kier alpha value is -2.11. The maximum Gasteiger partial charge on any atom is 0.259 e. The number of halogens is 1. The third-order valence-electron chi connectivity index (χ3n) is 3.14. The summed E-state index contributed by atoms with van der Waals surface area (Å²) < 4.78 is 0.926. The fourth-order valence-corrected chi connectivity index (χ4v) is 3.13. The molecule has 0 radical (unpaired) electrons. The van der Waals surface area contributed by atoms with Crippen LogP contribution in [0.4, 0.5) is 10.8 Å². The predicted molar refractivity (Wildman–Crippen MR) is 88.2 cm³/mol. The van der Waals surface area contributed by atoms with Gasteiger partial charge in [-0.2, -0.15) is 0 Å². The Bertz CT molecular complexity index is 844. The average Bonchev–Trinajstić information content (AvgIpc) is 2.83. The number of nitrogens with one attached hydrogen (secondary N) is 1. The second kappa shape index (κ2) is 5.35. The molecule has 4 nitrogen and oxygen atoms in total. The van der Waals surface area contributed by atoms with E-state index in [0.717, 1.165) is 15.8 Å². The van der Waals surface area contributed by atoms with Gasteiger partial charge in [0.05, 0.1) is 15.8 Å². The highest BCUT2D eigenvalue weighted by Crippen LogP contribution is 2.29. The van der Waals surface area contributed by atoms with Gasteiger partial charge in [0.2, 0.25) is 0 Å². The van der Waals surface area contributed by atoms with Crippen LogP contribution in [-0.2, 0) is 0 Å². The van der Waals surface area contributed by atoms with Crippen LogP contribution in [0.2, 0.25) is 5.02 Å². The van der Waals surface area contributed by atoms with E-state index < -0.39 is 0 Å². The molecule has 3 aromatic rings. The van der Waals surface area contributed by atoms with Crippen LogP contribution < -0.4 is 11.1 Å². The molecule has 2 aromatic carbocycles. The molecule has 0 fully saturated rings. The van der Waals surface area contributed by atoms with Gasteiger partial charge in [-0.05, 0) is 36.8 Å². The summed E-state index contributed by atoms with van der Waals surface area (Å²) in [5.74, 6) is -0.263. The van der Waals surface area contributed by atoms with E-state index in [4.69, 9.17) is 17.3 Å². The molecule has 1 amide bonds. The van der Waals surface area contributed by atoms with Crippen LogP contribution in [0.3, 0.4) is 0 Å². The molecule has 0 saturated heterocycles. The largest absolute Gasteiger partial charge is 0.398 e. The summed E-state index contributed by atoms with van der Waals surface area (Å²) >= 11 is 7.32. The van der Waals surface area contributed by atoms with Gasteiger partial charge in [0, 0.05) is 10.7 Å². The number of fused-ring (bicyclic) bond motifs is 1. The predicted octanol–water partition coefficient (Wildman–Crippen LogP) is 4.09. The molecule has 0 unspecified atom stereocenters. The second-order valence-corrected chi connectivity index (χ2v) is 6.09. The van der Waals surface area contributed by atoms with E-state index in [1.807, 2.05) is 25.1 Å². The fraction of sp³-hybridized carbons (Fsp3) is 0.0667. The number of amides is 1. The van der Waals surface area contributed by atoms with Crippen LogP contribution in [0.1, 0.15) is 15.9 Å². The number of thiazole rings is 1. The molecule has 0 aliphatic rings. The minimum Gasteiger partial charge on any atom is -0.398 e. The van der Waals surface area contributed by atoms with Crippen molar-refractivity contribution in [1.82, 2.24) is 4.98 Å². The molecule has 3 N–H and O–H groups in total. The average molecular weight is 318 g/mol. The van der Waals surface area contributed by atoms with Crippen LogP contribution in [-0.4, -0.2) is 10.9 Å². The first-order valence-electron chi connectivity index (χ1n) is 6.27. The molecule has 1 heterocycles. The number of carbonyl (C=O) groups excluding carboxylic acids is 1. The summed E-state index contributed by atoms with van der Waals surface area (Å²) in [4.78, 5) is 16.6. The van der Waals surface area contributed by atoms with E-state index in [-0.39, 0.29) is 5.91 Å². The van der Waals surface area contributed by atoms with Crippen molar-refractivity contribution in [2.24, 2.45) is 0 Å². The Labute approximate surface area is 130 Å². The summed E-state index contributed by atoms with van der Waals surface area (Å²) in [6.45, 7) is 1.87. The van der Waals surface area contributed by atoms with E-state index in [1.54, 1.807) is 18.2 Å². The lowest BCUT2D eigenvalue weighted by Crippen LogP contribution is -2.14. The second-order valence-electron chi connectivity index (χ2n) is 4.62. The number of nitrogen functional groups attached to an aromatic ring is 1.